The Balaban J connectivity index is 1.44. The van der Waals surface area contributed by atoms with Crippen molar-refractivity contribution in [1.29, 1.82) is 0 Å². The Morgan fingerprint density at radius 1 is 1.02 bits per heavy atom. The fraction of sp³-hybridized carbons (Fsp3) is 0.303. The van der Waals surface area contributed by atoms with Gasteiger partial charge in [0.05, 0.1) is 17.3 Å². The van der Waals surface area contributed by atoms with Crippen molar-refractivity contribution in [3.63, 3.8) is 0 Å². The monoisotopic (exact) mass is 638 g/mol. The Morgan fingerprint density at radius 3 is 2.42 bits per heavy atom. The number of piperazine rings is 1. The van der Waals surface area contributed by atoms with E-state index < -0.39 is 35.1 Å². The van der Waals surface area contributed by atoms with Gasteiger partial charge in [-0.15, -0.1) is 0 Å². The molecule has 0 saturated carbocycles. The zero-order chi connectivity index (χ0) is 32.4. The van der Waals surface area contributed by atoms with E-state index in [1.807, 2.05) is 31.0 Å². The summed E-state index contributed by atoms with van der Waals surface area (Å²) in [4.78, 5) is 27.6. The number of anilines is 4. The lowest BCUT2D eigenvalue weighted by Crippen LogP contribution is -2.50. The van der Waals surface area contributed by atoms with E-state index >= 15 is 4.39 Å². The largest absolute Gasteiger partial charge is 0.421 e. The van der Waals surface area contributed by atoms with Gasteiger partial charge in [-0.2, -0.15) is 4.98 Å². The number of nitrogens with one attached hydrogen (secondary N) is 1. The second-order valence-electron chi connectivity index (χ2n) is 11.3. The molecule has 4 aromatic rings. The minimum Gasteiger partial charge on any atom is -0.409 e. The number of ether oxygens (including phenoxy) is 1. The first-order valence-electron chi connectivity index (χ1n) is 14.5. The SMILES string of the molecule is Cc1cc(C)c(OC(=O)N(Cc2c(F)ccc(F)c2Cl)c2ccnc(Nc3ccc(N4CCN(C)C(C)C4)c(F)c3)n2)c(C)c1. The van der Waals surface area contributed by atoms with Gasteiger partial charge in [0, 0.05) is 43.1 Å². The van der Waals surface area contributed by atoms with Gasteiger partial charge in [0.15, 0.2) is 0 Å². The van der Waals surface area contributed by atoms with E-state index in [2.05, 4.69) is 27.1 Å². The lowest BCUT2D eigenvalue weighted by Gasteiger charge is -2.39. The van der Waals surface area contributed by atoms with Crippen LogP contribution in [0.4, 0.5) is 41.1 Å². The number of aryl methyl sites for hydroxylation is 3. The molecule has 1 atom stereocenters. The number of carbonyl (C=O) groups is 1. The number of amides is 1. The van der Waals surface area contributed by atoms with Gasteiger partial charge in [-0.25, -0.2) is 22.9 Å². The van der Waals surface area contributed by atoms with Crippen LogP contribution in [0.5, 0.6) is 5.75 Å². The van der Waals surface area contributed by atoms with Crippen molar-refractivity contribution >= 4 is 40.8 Å². The van der Waals surface area contributed by atoms with E-state index in [-0.39, 0.29) is 23.4 Å². The molecule has 2 heterocycles. The maximum Gasteiger partial charge on any atom is 0.421 e. The molecular weight excluding hydrogens is 605 g/mol. The summed E-state index contributed by atoms with van der Waals surface area (Å²) in [5, 5.41) is 2.50. The molecule has 12 heteroatoms. The van der Waals surface area contributed by atoms with Crippen LogP contribution in [-0.2, 0) is 6.54 Å². The molecule has 236 valence electrons. The fourth-order valence-corrected chi connectivity index (χ4v) is 5.59. The molecule has 45 heavy (non-hydrogen) atoms. The molecule has 8 nitrogen and oxygen atoms in total. The number of nitrogens with zero attached hydrogens (tertiary/aromatic N) is 5. The van der Waals surface area contributed by atoms with E-state index in [1.54, 1.807) is 26.0 Å². The molecule has 1 saturated heterocycles. The van der Waals surface area contributed by atoms with Crippen molar-refractivity contribution < 1.29 is 22.7 Å². The number of aromatic nitrogens is 2. The Kier molecular flexibility index (Phi) is 9.50. The van der Waals surface area contributed by atoms with Gasteiger partial charge in [0.2, 0.25) is 5.95 Å². The van der Waals surface area contributed by atoms with Crippen molar-refractivity contribution in [2.75, 3.05) is 41.8 Å². The molecule has 1 N–H and O–H groups in total. The van der Waals surface area contributed by atoms with Crippen LogP contribution in [0.1, 0.15) is 29.2 Å². The smallest absolute Gasteiger partial charge is 0.409 e. The zero-order valence-electron chi connectivity index (χ0n) is 25.7. The molecule has 0 bridgehead atoms. The lowest BCUT2D eigenvalue weighted by molar-refractivity contribution is 0.206. The Hall–Kier alpha value is -4.35. The van der Waals surface area contributed by atoms with Crippen LogP contribution in [0.15, 0.2) is 54.7 Å². The third kappa shape index (κ3) is 7.15. The summed E-state index contributed by atoms with van der Waals surface area (Å²) < 4.78 is 50.2. The number of hydrogen-bond acceptors (Lipinski definition) is 7. The standard InChI is InChI=1S/C33H34ClF3N6O2/c1-19-14-20(2)31(21(3)15-19)45-33(44)43(18-24-25(35)7-8-26(36)30(24)34)29-10-11-38-32(40-29)39-23-6-9-28(27(37)16-23)42-13-12-41(5)22(4)17-42/h6-11,14-16,22H,12-13,17-18H2,1-5H3,(H,38,39,40). The molecular formula is C33H34ClF3N6O2. The highest BCUT2D eigenvalue weighted by Gasteiger charge is 2.26. The minimum absolute atomic E-state index is 0.0168. The summed E-state index contributed by atoms with van der Waals surface area (Å²) in [5.41, 5.74) is 3.06. The van der Waals surface area contributed by atoms with Gasteiger partial charge in [-0.1, -0.05) is 29.3 Å². The molecule has 1 amide bonds. The summed E-state index contributed by atoms with van der Waals surface area (Å²) in [5.74, 6) is -1.66. The first-order valence-corrected chi connectivity index (χ1v) is 14.8. The highest BCUT2D eigenvalue weighted by atomic mass is 35.5. The predicted octanol–water partition coefficient (Wildman–Crippen LogP) is 7.56. The Labute approximate surface area is 265 Å². The minimum atomic E-state index is -0.897. The highest BCUT2D eigenvalue weighted by molar-refractivity contribution is 6.31. The van der Waals surface area contributed by atoms with Gasteiger partial charge in [-0.3, -0.25) is 4.90 Å². The highest BCUT2D eigenvalue weighted by Crippen LogP contribution is 2.30. The fourth-order valence-electron chi connectivity index (χ4n) is 5.38. The molecule has 1 aliphatic rings. The van der Waals surface area contributed by atoms with E-state index in [0.29, 0.717) is 30.2 Å². The van der Waals surface area contributed by atoms with Crippen molar-refractivity contribution in [1.82, 2.24) is 14.9 Å². The quantitative estimate of drug-likeness (QED) is 0.209. The third-order valence-corrected chi connectivity index (χ3v) is 8.30. The summed E-state index contributed by atoms with van der Waals surface area (Å²) >= 11 is 6.12. The van der Waals surface area contributed by atoms with Gasteiger partial charge in [0.25, 0.3) is 0 Å². The van der Waals surface area contributed by atoms with Gasteiger partial charge >= 0.3 is 6.09 Å². The average molecular weight is 639 g/mol. The molecule has 1 aromatic heterocycles. The summed E-state index contributed by atoms with van der Waals surface area (Å²) in [6.45, 7) is 9.38. The van der Waals surface area contributed by atoms with Gasteiger partial charge < -0.3 is 19.9 Å². The molecule has 0 radical (unpaired) electrons. The number of benzene rings is 3. The van der Waals surface area contributed by atoms with E-state index in [9.17, 15) is 13.6 Å². The molecule has 1 aliphatic heterocycles. The maximum atomic E-state index is 15.2. The summed E-state index contributed by atoms with van der Waals surface area (Å²) in [6, 6.07) is 12.0. The summed E-state index contributed by atoms with van der Waals surface area (Å²) in [6.07, 6.45) is 0.485. The van der Waals surface area contributed by atoms with Crippen LogP contribution in [0.25, 0.3) is 0 Å². The molecule has 1 unspecified atom stereocenters. The third-order valence-electron chi connectivity index (χ3n) is 7.89. The normalized spacial score (nSPS) is 15.2. The Bertz CT molecular complexity index is 1720. The first kappa shape index (κ1) is 32.1. The average Bonchev–Trinajstić information content (AvgIpc) is 2.98. The van der Waals surface area contributed by atoms with Gasteiger partial charge in [-0.05, 0) is 82.3 Å². The van der Waals surface area contributed by atoms with Crippen LogP contribution < -0.4 is 19.9 Å². The van der Waals surface area contributed by atoms with Crippen molar-refractivity contribution in [2.24, 2.45) is 0 Å². The van der Waals surface area contributed by atoms with Crippen molar-refractivity contribution in [2.45, 2.75) is 40.3 Å². The molecule has 3 aromatic carbocycles. The first-order chi connectivity index (χ1) is 21.4. The topological polar surface area (TPSA) is 73.8 Å². The molecule has 0 spiro atoms. The second-order valence-corrected chi connectivity index (χ2v) is 11.7. The van der Waals surface area contributed by atoms with Crippen LogP contribution in [-0.4, -0.2) is 53.7 Å². The second kappa shape index (κ2) is 13.3. The summed E-state index contributed by atoms with van der Waals surface area (Å²) in [7, 11) is 2.05. The van der Waals surface area contributed by atoms with Crippen molar-refractivity contribution in [3.8, 4) is 5.75 Å². The van der Waals surface area contributed by atoms with E-state index in [0.717, 1.165) is 40.3 Å². The Morgan fingerprint density at radius 2 is 1.73 bits per heavy atom. The molecule has 0 aliphatic carbocycles. The van der Waals surface area contributed by atoms with Crippen LogP contribution in [0.2, 0.25) is 5.02 Å². The van der Waals surface area contributed by atoms with Crippen LogP contribution >= 0.6 is 11.6 Å². The number of hydrogen-bond donors (Lipinski definition) is 1. The zero-order valence-corrected chi connectivity index (χ0v) is 26.4. The number of halogens is 4. The number of likely N-dealkylation sites (N-methyl/N-ethyl adjacent to an activating group) is 1. The van der Waals surface area contributed by atoms with Crippen LogP contribution in [0.3, 0.4) is 0 Å². The van der Waals surface area contributed by atoms with Crippen LogP contribution in [0, 0.1) is 38.2 Å². The van der Waals surface area contributed by atoms with Crippen molar-refractivity contribution in [3.05, 3.63) is 99.5 Å². The number of rotatable bonds is 7. The van der Waals surface area contributed by atoms with E-state index in [4.69, 9.17) is 16.3 Å². The lowest BCUT2D eigenvalue weighted by atomic mass is 10.1. The molecule has 1 fully saturated rings. The van der Waals surface area contributed by atoms with E-state index in [1.165, 1.54) is 18.3 Å². The molecule has 5 rings (SSSR count). The predicted molar refractivity (Wildman–Crippen MR) is 170 cm³/mol. The number of carbonyl (C=O) groups excluding carboxylic acids is 1. The van der Waals surface area contributed by atoms with Gasteiger partial charge in [0.1, 0.15) is 29.0 Å². The maximum absolute atomic E-state index is 15.2.